The van der Waals surface area contributed by atoms with Crippen molar-refractivity contribution in [1.82, 2.24) is 24.4 Å². The Bertz CT molecular complexity index is 608. The highest BCUT2D eigenvalue weighted by Gasteiger charge is 2.05. The number of imidazole rings is 1. The molecular weight excluding hydrogens is 226 g/mol. The molecule has 3 heterocycles. The van der Waals surface area contributed by atoms with Crippen molar-refractivity contribution in [3.63, 3.8) is 0 Å². The summed E-state index contributed by atoms with van der Waals surface area (Å²) in [5, 5.41) is 9.49. The third-order valence-electron chi connectivity index (χ3n) is 2.14. The summed E-state index contributed by atoms with van der Waals surface area (Å²) in [6, 6.07) is 0. The molecule has 3 rings (SSSR count). The minimum atomic E-state index is 0.334. The highest BCUT2D eigenvalue weighted by Crippen LogP contribution is 2.11. The first-order valence-corrected chi connectivity index (χ1v) is 5.49. The molecule has 0 bridgehead atoms. The van der Waals surface area contributed by atoms with E-state index >= 15 is 0 Å². The first-order valence-electron chi connectivity index (χ1n) is 4.61. The molecule has 0 atom stereocenters. The van der Waals surface area contributed by atoms with Crippen LogP contribution < -0.4 is 0 Å². The molecule has 0 N–H and O–H groups in total. The molecule has 0 spiro atoms. The number of hydrogen-bond acceptors (Lipinski definition) is 5. The topological polar surface area (TPSA) is 65.1 Å². The molecule has 6 nitrogen and oxygen atoms in total. The van der Waals surface area contributed by atoms with Gasteiger partial charge in [0, 0.05) is 17.8 Å². The molecule has 0 amide bonds. The van der Waals surface area contributed by atoms with E-state index in [2.05, 4.69) is 15.3 Å². The lowest BCUT2D eigenvalue weighted by atomic mass is 10.4. The van der Waals surface area contributed by atoms with Crippen LogP contribution in [0.2, 0.25) is 0 Å². The van der Waals surface area contributed by atoms with Crippen LogP contribution in [0.3, 0.4) is 0 Å². The van der Waals surface area contributed by atoms with Crippen LogP contribution in [-0.4, -0.2) is 30.7 Å². The van der Waals surface area contributed by atoms with Gasteiger partial charge in [0.2, 0.25) is 0 Å². The van der Waals surface area contributed by atoms with Gasteiger partial charge in [-0.25, -0.2) is 9.67 Å². The minimum Gasteiger partial charge on any atom is -0.297 e. The average Bonchev–Trinajstić information content (AvgIpc) is 2.92. The van der Waals surface area contributed by atoms with Crippen LogP contribution in [0.15, 0.2) is 24.0 Å². The zero-order chi connectivity index (χ0) is 11.0. The molecule has 0 aliphatic carbocycles. The van der Waals surface area contributed by atoms with Gasteiger partial charge in [-0.05, 0) is 0 Å². The molecule has 0 aliphatic heterocycles. The molecular formula is C9H7N5OS. The van der Waals surface area contributed by atoms with Crippen LogP contribution in [0.4, 0.5) is 0 Å². The van der Waals surface area contributed by atoms with E-state index < -0.39 is 0 Å². The average molecular weight is 233 g/mol. The largest absolute Gasteiger partial charge is 0.297 e. The Morgan fingerprint density at radius 2 is 2.38 bits per heavy atom. The molecule has 0 saturated heterocycles. The molecule has 0 unspecified atom stereocenters. The maximum atomic E-state index is 10.4. The van der Waals surface area contributed by atoms with Gasteiger partial charge >= 0.3 is 0 Å². The zero-order valence-electron chi connectivity index (χ0n) is 8.15. The number of carbonyl (C=O) groups is 1. The van der Waals surface area contributed by atoms with Crippen molar-refractivity contribution in [1.29, 1.82) is 0 Å². The van der Waals surface area contributed by atoms with Gasteiger partial charge in [0.05, 0.1) is 18.4 Å². The molecule has 0 radical (unpaired) electrons. The summed E-state index contributed by atoms with van der Waals surface area (Å²) in [4.78, 5) is 15.8. The summed E-state index contributed by atoms with van der Waals surface area (Å²) < 4.78 is 3.55. The van der Waals surface area contributed by atoms with Crippen molar-refractivity contribution in [2.75, 3.05) is 0 Å². The summed E-state index contributed by atoms with van der Waals surface area (Å²) in [5.74, 6) is 0. The van der Waals surface area contributed by atoms with Crippen LogP contribution in [0.5, 0.6) is 0 Å². The highest BCUT2D eigenvalue weighted by molar-refractivity contribution is 7.15. The normalized spacial score (nSPS) is 11.0. The number of nitrogens with zero attached hydrogens (tertiary/aromatic N) is 5. The summed E-state index contributed by atoms with van der Waals surface area (Å²) in [7, 11) is 0. The zero-order valence-corrected chi connectivity index (χ0v) is 8.96. The predicted octanol–water partition coefficient (Wildman–Crippen LogP) is 0.848. The van der Waals surface area contributed by atoms with Crippen molar-refractivity contribution >= 4 is 22.6 Å². The van der Waals surface area contributed by atoms with E-state index in [0.29, 0.717) is 18.5 Å². The van der Waals surface area contributed by atoms with Crippen molar-refractivity contribution in [3.8, 4) is 0 Å². The molecule has 3 aromatic heterocycles. The third-order valence-corrected chi connectivity index (χ3v) is 2.91. The van der Waals surface area contributed by atoms with Gasteiger partial charge in [0.1, 0.15) is 5.69 Å². The molecule has 0 saturated carbocycles. The first kappa shape index (κ1) is 9.22. The second-order valence-electron chi connectivity index (χ2n) is 3.28. The highest BCUT2D eigenvalue weighted by atomic mass is 32.1. The number of carbonyl (C=O) groups excluding carboxylic acids is 1. The predicted molar refractivity (Wildman–Crippen MR) is 57.6 cm³/mol. The molecule has 0 fully saturated rings. The molecule has 80 valence electrons. The van der Waals surface area contributed by atoms with Crippen LogP contribution >= 0.6 is 11.3 Å². The number of fused-ring (bicyclic) bond motifs is 1. The third kappa shape index (κ3) is 1.50. The molecule has 16 heavy (non-hydrogen) atoms. The Hall–Kier alpha value is -2.02. The van der Waals surface area contributed by atoms with E-state index in [0.717, 1.165) is 10.7 Å². The van der Waals surface area contributed by atoms with Gasteiger partial charge in [0.25, 0.3) is 0 Å². The number of aldehydes is 1. The van der Waals surface area contributed by atoms with E-state index in [1.165, 1.54) is 0 Å². The number of hydrogen-bond donors (Lipinski definition) is 0. The van der Waals surface area contributed by atoms with E-state index in [9.17, 15) is 4.79 Å². The van der Waals surface area contributed by atoms with E-state index in [1.54, 1.807) is 22.2 Å². The Morgan fingerprint density at radius 3 is 3.12 bits per heavy atom. The minimum absolute atomic E-state index is 0.334. The number of aromatic nitrogens is 5. The molecule has 0 aliphatic rings. The van der Waals surface area contributed by atoms with E-state index in [1.807, 2.05) is 22.2 Å². The molecule has 0 aromatic carbocycles. The van der Waals surface area contributed by atoms with Gasteiger partial charge < -0.3 is 0 Å². The Kier molecular flexibility index (Phi) is 2.03. The molecule has 3 aromatic rings. The Balaban J connectivity index is 1.88. The van der Waals surface area contributed by atoms with Crippen molar-refractivity contribution < 1.29 is 4.79 Å². The monoisotopic (exact) mass is 233 g/mol. The summed E-state index contributed by atoms with van der Waals surface area (Å²) in [6.45, 7) is 0.523. The molecule has 7 heteroatoms. The van der Waals surface area contributed by atoms with Crippen molar-refractivity contribution in [3.05, 3.63) is 35.4 Å². The summed E-state index contributed by atoms with van der Waals surface area (Å²) in [5.41, 5.74) is 1.23. The van der Waals surface area contributed by atoms with Crippen LogP contribution in [-0.2, 0) is 6.54 Å². The fourth-order valence-electron chi connectivity index (χ4n) is 1.46. The fraction of sp³-hybridized carbons (Fsp3) is 0.111. The quantitative estimate of drug-likeness (QED) is 0.629. The van der Waals surface area contributed by atoms with Gasteiger partial charge in [-0.3, -0.25) is 9.20 Å². The van der Waals surface area contributed by atoms with E-state index in [4.69, 9.17) is 0 Å². The number of thiazole rings is 1. The lowest BCUT2D eigenvalue weighted by Gasteiger charge is -1.93. The maximum Gasteiger partial charge on any atom is 0.193 e. The maximum absolute atomic E-state index is 10.4. The number of rotatable bonds is 3. The van der Waals surface area contributed by atoms with Crippen LogP contribution in [0.25, 0.3) is 4.96 Å². The standard InChI is InChI=1S/C9H7N5OS/c15-6-8-5-14(12-11-8)4-7-3-13-1-2-16-9(13)10-7/h1-3,5-6H,4H2. The second kappa shape index (κ2) is 3.53. The van der Waals surface area contributed by atoms with Crippen molar-refractivity contribution in [2.45, 2.75) is 6.54 Å². The summed E-state index contributed by atoms with van der Waals surface area (Å²) in [6.07, 6.45) is 6.17. The van der Waals surface area contributed by atoms with Crippen molar-refractivity contribution in [2.24, 2.45) is 0 Å². The Morgan fingerprint density at radius 1 is 1.44 bits per heavy atom. The van der Waals surface area contributed by atoms with Gasteiger partial charge in [-0.1, -0.05) is 5.21 Å². The van der Waals surface area contributed by atoms with Gasteiger partial charge in [-0.2, -0.15) is 0 Å². The SMILES string of the molecule is O=Cc1cn(Cc2cn3ccsc3n2)nn1. The van der Waals surface area contributed by atoms with Crippen LogP contribution in [0, 0.1) is 0 Å². The first-order chi connectivity index (χ1) is 7.85. The van der Waals surface area contributed by atoms with E-state index in [-0.39, 0.29) is 0 Å². The lowest BCUT2D eigenvalue weighted by Crippen LogP contribution is -2.00. The second-order valence-corrected chi connectivity index (χ2v) is 4.16. The fourth-order valence-corrected chi connectivity index (χ4v) is 2.18. The Labute approximate surface area is 94.2 Å². The summed E-state index contributed by atoms with van der Waals surface area (Å²) >= 11 is 1.58. The van der Waals surface area contributed by atoms with Gasteiger partial charge in [-0.15, -0.1) is 16.4 Å². The smallest absolute Gasteiger partial charge is 0.193 e. The van der Waals surface area contributed by atoms with Gasteiger partial charge in [0.15, 0.2) is 11.2 Å². The lowest BCUT2D eigenvalue weighted by molar-refractivity contribution is 0.111. The van der Waals surface area contributed by atoms with Crippen LogP contribution in [0.1, 0.15) is 16.2 Å².